The van der Waals surface area contributed by atoms with Crippen molar-refractivity contribution in [2.75, 3.05) is 0 Å². The maximum Gasteiger partial charge on any atom is 0.369 e. The van der Waals surface area contributed by atoms with Gasteiger partial charge in [-0.1, -0.05) is 5.21 Å². The van der Waals surface area contributed by atoms with E-state index >= 15 is 0 Å². The van der Waals surface area contributed by atoms with Crippen LogP contribution in [0.25, 0.3) is 5.13 Å². The standard InChI is InChI=1S/C8H4N4O3S/c1-3-2-16-8(9-3)12-5-4(10-11-12)6(13)15-7(5)14/h2H,1H3. The molecule has 3 heterocycles. The molecule has 0 amide bonds. The van der Waals surface area contributed by atoms with Gasteiger partial charge in [-0.15, -0.1) is 16.4 Å². The van der Waals surface area contributed by atoms with E-state index in [-0.39, 0.29) is 11.4 Å². The van der Waals surface area contributed by atoms with Crippen LogP contribution in [0.3, 0.4) is 0 Å². The first-order valence-corrected chi connectivity index (χ1v) is 5.19. The lowest BCUT2D eigenvalue weighted by molar-refractivity contribution is 0.0434. The molecule has 16 heavy (non-hydrogen) atoms. The van der Waals surface area contributed by atoms with Gasteiger partial charge in [0, 0.05) is 5.38 Å². The lowest BCUT2D eigenvalue weighted by Gasteiger charge is -1.95. The second-order valence-corrected chi connectivity index (χ2v) is 3.98. The van der Waals surface area contributed by atoms with Crippen LogP contribution in [0, 0.1) is 6.92 Å². The molecule has 7 nitrogen and oxygen atoms in total. The van der Waals surface area contributed by atoms with Crippen molar-refractivity contribution in [1.82, 2.24) is 20.0 Å². The molecule has 2 aromatic rings. The molecule has 0 aromatic carbocycles. The Morgan fingerprint density at radius 3 is 2.88 bits per heavy atom. The summed E-state index contributed by atoms with van der Waals surface area (Å²) in [5.74, 6) is -1.50. The van der Waals surface area contributed by atoms with Crippen LogP contribution in [0.15, 0.2) is 5.38 Å². The molecule has 0 saturated heterocycles. The Balaban J connectivity index is 2.21. The smallest absolute Gasteiger partial charge is 0.369 e. The van der Waals surface area contributed by atoms with Gasteiger partial charge in [-0.2, -0.15) is 4.68 Å². The average Bonchev–Trinajstić information content (AvgIpc) is 2.86. The minimum absolute atomic E-state index is 0.0411. The number of aryl methyl sites for hydroxylation is 1. The van der Waals surface area contributed by atoms with Crippen molar-refractivity contribution in [2.45, 2.75) is 6.92 Å². The molecular formula is C8H4N4O3S. The second-order valence-electron chi connectivity index (χ2n) is 3.15. The van der Waals surface area contributed by atoms with Crippen LogP contribution in [-0.2, 0) is 4.74 Å². The van der Waals surface area contributed by atoms with Gasteiger partial charge in [0.2, 0.25) is 10.8 Å². The highest BCUT2D eigenvalue weighted by molar-refractivity contribution is 7.12. The fraction of sp³-hybridized carbons (Fsp3) is 0.125. The molecule has 3 rings (SSSR count). The van der Waals surface area contributed by atoms with E-state index < -0.39 is 11.9 Å². The van der Waals surface area contributed by atoms with Gasteiger partial charge in [-0.25, -0.2) is 14.6 Å². The highest BCUT2D eigenvalue weighted by atomic mass is 32.1. The molecule has 80 valence electrons. The molecule has 0 aliphatic carbocycles. The fourth-order valence-electron chi connectivity index (χ4n) is 1.36. The minimum atomic E-state index is -0.764. The zero-order valence-electron chi connectivity index (χ0n) is 8.00. The van der Waals surface area contributed by atoms with Gasteiger partial charge in [-0.05, 0) is 6.92 Å². The van der Waals surface area contributed by atoms with Crippen LogP contribution in [0.1, 0.15) is 26.7 Å². The quantitative estimate of drug-likeness (QED) is 0.524. The maximum absolute atomic E-state index is 11.4. The molecule has 0 spiro atoms. The summed E-state index contributed by atoms with van der Waals surface area (Å²) in [6, 6.07) is 0. The van der Waals surface area contributed by atoms with Crippen LogP contribution < -0.4 is 0 Å². The summed E-state index contributed by atoms with van der Waals surface area (Å²) in [6.07, 6.45) is 0. The number of carbonyl (C=O) groups excluding carboxylic acids is 2. The highest BCUT2D eigenvalue weighted by Gasteiger charge is 2.37. The van der Waals surface area contributed by atoms with Gasteiger partial charge < -0.3 is 4.74 Å². The zero-order valence-corrected chi connectivity index (χ0v) is 8.82. The van der Waals surface area contributed by atoms with E-state index in [1.807, 2.05) is 12.3 Å². The average molecular weight is 236 g/mol. The molecule has 8 heteroatoms. The van der Waals surface area contributed by atoms with E-state index in [1.54, 1.807) is 0 Å². The van der Waals surface area contributed by atoms with Crippen LogP contribution in [0.2, 0.25) is 0 Å². The van der Waals surface area contributed by atoms with Crippen molar-refractivity contribution >= 4 is 23.3 Å². The largest absolute Gasteiger partial charge is 0.383 e. The lowest BCUT2D eigenvalue weighted by atomic mass is 10.4. The van der Waals surface area contributed by atoms with Crippen molar-refractivity contribution in [1.29, 1.82) is 0 Å². The number of aromatic nitrogens is 4. The van der Waals surface area contributed by atoms with E-state index in [0.717, 1.165) is 5.69 Å². The third-order valence-electron chi connectivity index (χ3n) is 2.03. The third kappa shape index (κ3) is 1.10. The molecule has 1 aliphatic rings. The number of fused-ring (bicyclic) bond motifs is 1. The predicted octanol–water partition coefficient (Wildman–Crippen LogP) is 0.343. The molecule has 2 aromatic heterocycles. The van der Waals surface area contributed by atoms with Gasteiger partial charge in [0.1, 0.15) is 0 Å². The maximum atomic E-state index is 11.4. The monoisotopic (exact) mass is 236 g/mol. The predicted molar refractivity (Wildman–Crippen MR) is 51.5 cm³/mol. The fourth-order valence-corrected chi connectivity index (χ4v) is 2.11. The number of ether oxygens (including phenoxy) is 1. The van der Waals surface area contributed by atoms with Crippen LogP contribution in [0.4, 0.5) is 0 Å². The molecule has 0 saturated carbocycles. The number of cyclic esters (lactones) is 2. The third-order valence-corrected chi connectivity index (χ3v) is 2.96. The highest BCUT2D eigenvalue weighted by Crippen LogP contribution is 2.22. The van der Waals surface area contributed by atoms with E-state index in [4.69, 9.17) is 0 Å². The number of nitrogens with zero attached hydrogens (tertiary/aromatic N) is 4. The first-order chi connectivity index (χ1) is 7.66. The zero-order chi connectivity index (χ0) is 11.3. The normalized spacial score (nSPS) is 14.1. The Morgan fingerprint density at radius 2 is 2.19 bits per heavy atom. The Labute approximate surface area is 92.7 Å². The van der Waals surface area contributed by atoms with Gasteiger partial charge in [-0.3, -0.25) is 0 Å². The summed E-state index contributed by atoms with van der Waals surface area (Å²) >= 11 is 1.31. The number of thiazole rings is 1. The molecule has 1 aliphatic heterocycles. The molecule has 0 fully saturated rings. The van der Waals surface area contributed by atoms with Gasteiger partial charge in [0.15, 0.2) is 5.69 Å². The van der Waals surface area contributed by atoms with Crippen LogP contribution in [0.5, 0.6) is 0 Å². The van der Waals surface area contributed by atoms with Crippen LogP contribution >= 0.6 is 11.3 Å². The Morgan fingerprint density at radius 1 is 1.38 bits per heavy atom. The lowest BCUT2D eigenvalue weighted by Crippen LogP contribution is -2.08. The summed E-state index contributed by atoms with van der Waals surface area (Å²) in [7, 11) is 0. The Hall–Kier alpha value is -2.09. The summed E-state index contributed by atoms with van der Waals surface area (Å²) in [6.45, 7) is 1.82. The summed E-state index contributed by atoms with van der Waals surface area (Å²) in [4.78, 5) is 26.7. The number of rotatable bonds is 1. The van der Waals surface area contributed by atoms with Crippen molar-refractivity contribution in [3.63, 3.8) is 0 Å². The van der Waals surface area contributed by atoms with Gasteiger partial charge in [0.25, 0.3) is 0 Å². The van der Waals surface area contributed by atoms with E-state index in [1.165, 1.54) is 16.0 Å². The van der Waals surface area contributed by atoms with E-state index in [0.29, 0.717) is 5.13 Å². The van der Waals surface area contributed by atoms with E-state index in [9.17, 15) is 9.59 Å². The molecule has 0 atom stereocenters. The SMILES string of the molecule is Cc1csc(-n2nnc3c2C(=O)OC3=O)n1. The molecular weight excluding hydrogens is 232 g/mol. The summed E-state index contributed by atoms with van der Waals surface area (Å²) in [5.41, 5.74) is 0.791. The number of carbonyl (C=O) groups is 2. The molecule has 0 radical (unpaired) electrons. The Bertz CT molecular complexity index is 615. The summed E-state index contributed by atoms with van der Waals surface area (Å²) in [5, 5.41) is 9.61. The van der Waals surface area contributed by atoms with E-state index in [2.05, 4.69) is 20.0 Å². The molecule has 0 N–H and O–H groups in total. The number of esters is 2. The van der Waals surface area contributed by atoms with Crippen molar-refractivity contribution < 1.29 is 14.3 Å². The number of hydrogen-bond donors (Lipinski definition) is 0. The number of hydrogen-bond acceptors (Lipinski definition) is 7. The second kappa shape index (κ2) is 2.95. The first kappa shape index (κ1) is 9.16. The molecule has 0 bridgehead atoms. The first-order valence-electron chi connectivity index (χ1n) is 4.31. The van der Waals surface area contributed by atoms with Gasteiger partial charge >= 0.3 is 11.9 Å². The Kier molecular flexibility index (Phi) is 1.69. The van der Waals surface area contributed by atoms with Gasteiger partial charge in [0.05, 0.1) is 5.69 Å². The minimum Gasteiger partial charge on any atom is -0.383 e. The topological polar surface area (TPSA) is 87.0 Å². The van der Waals surface area contributed by atoms with Crippen molar-refractivity contribution in [3.05, 3.63) is 22.5 Å². The molecule has 0 unspecified atom stereocenters. The van der Waals surface area contributed by atoms with Crippen LogP contribution in [-0.4, -0.2) is 31.9 Å². The van der Waals surface area contributed by atoms with Crippen molar-refractivity contribution in [3.8, 4) is 5.13 Å². The summed E-state index contributed by atoms with van der Waals surface area (Å²) < 4.78 is 5.64. The van der Waals surface area contributed by atoms with Crippen molar-refractivity contribution in [2.24, 2.45) is 0 Å².